The predicted octanol–water partition coefficient (Wildman–Crippen LogP) is 6.03. The molecule has 0 fully saturated rings. The summed E-state index contributed by atoms with van der Waals surface area (Å²) in [5, 5.41) is 10.1. The Labute approximate surface area is 171 Å². The van der Waals surface area contributed by atoms with E-state index in [1.807, 2.05) is 12.3 Å². The Hall–Kier alpha value is -3.17. The first-order valence-corrected chi connectivity index (χ1v) is 10.1. The molecule has 3 nitrogen and oxygen atoms in total. The van der Waals surface area contributed by atoms with E-state index < -0.39 is 0 Å². The first kappa shape index (κ1) is 19.2. The molecule has 0 saturated heterocycles. The van der Waals surface area contributed by atoms with Gasteiger partial charge in [0.2, 0.25) is 0 Å². The van der Waals surface area contributed by atoms with Crippen LogP contribution in [-0.4, -0.2) is 23.3 Å². The number of rotatable bonds is 7. The van der Waals surface area contributed by atoms with Crippen LogP contribution in [0.1, 0.15) is 18.4 Å². The van der Waals surface area contributed by atoms with E-state index in [4.69, 9.17) is 9.84 Å². The fraction of sp³-hybridized carbons (Fsp3) is 0.192. The van der Waals surface area contributed by atoms with Crippen molar-refractivity contribution in [2.45, 2.75) is 19.8 Å². The summed E-state index contributed by atoms with van der Waals surface area (Å²) in [5.74, 6) is 0.907. The van der Waals surface area contributed by atoms with Crippen LogP contribution in [0.25, 0.3) is 33.2 Å². The summed E-state index contributed by atoms with van der Waals surface area (Å²) in [4.78, 5) is 4.62. The quantitative estimate of drug-likeness (QED) is 0.396. The molecule has 0 radical (unpaired) electrons. The summed E-state index contributed by atoms with van der Waals surface area (Å²) in [6, 6.07) is 25.1. The minimum Gasteiger partial charge on any atom is -0.493 e. The Kier molecular flexibility index (Phi) is 5.87. The van der Waals surface area contributed by atoms with Gasteiger partial charge in [0.1, 0.15) is 5.75 Å². The fourth-order valence-corrected chi connectivity index (χ4v) is 3.64. The molecule has 4 rings (SSSR count). The molecule has 146 valence electrons. The van der Waals surface area contributed by atoms with Crippen LogP contribution in [0.2, 0.25) is 0 Å². The maximum absolute atomic E-state index is 9.01. The highest BCUT2D eigenvalue weighted by atomic mass is 16.5. The predicted molar refractivity (Wildman–Crippen MR) is 119 cm³/mol. The first-order chi connectivity index (χ1) is 14.3. The zero-order valence-corrected chi connectivity index (χ0v) is 16.6. The van der Waals surface area contributed by atoms with Gasteiger partial charge in [-0.3, -0.25) is 4.98 Å². The molecule has 0 saturated carbocycles. The molecule has 0 aliphatic carbocycles. The molecule has 1 aromatic heterocycles. The smallest absolute Gasteiger partial charge is 0.130 e. The molecule has 3 aromatic carbocycles. The van der Waals surface area contributed by atoms with Crippen molar-refractivity contribution in [1.29, 1.82) is 0 Å². The van der Waals surface area contributed by atoms with Crippen molar-refractivity contribution in [2.75, 3.05) is 13.2 Å². The normalized spacial score (nSPS) is 11.0. The number of unbranched alkanes of at least 4 members (excludes halogenated alkanes) is 1. The molecular formula is C26H25NO2. The number of nitrogens with zero attached hydrogens (tertiary/aromatic N) is 1. The molecular weight excluding hydrogens is 358 g/mol. The van der Waals surface area contributed by atoms with Crippen LogP contribution in [-0.2, 0) is 0 Å². The number of pyridine rings is 1. The summed E-state index contributed by atoms with van der Waals surface area (Å²) in [6.07, 6.45) is 3.45. The van der Waals surface area contributed by atoms with Gasteiger partial charge in [0, 0.05) is 23.8 Å². The highest BCUT2D eigenvalue weighted by molar-refractivity contribution is 5.97. The van der Waals surface area contributed by atoms with Gasteiger partial charge >= 0.3 is 0 Å². The molecule has 1 heterocycles. The topological polar surface area (TPSA) is 42.4 Å². The lowest BCUT2D eigenvalue weighted by atomic mass is 9.96. The van der Waals surface area contributed by atoms with Gasteiger partial charge in [0.05, 0.1) is 12.1 Å². The van der Waals surface area contributed by atoms with Gasteiger partial charge < -0.3 is 9.84 Å². The maximum Gasteiger partial charge on any atom is 0.130 e. The molecule has 4 aromatic rings. The fourth-order valence-electron chi connectivity index (χ4n) is 3.64. The van der Waals surface area contributed by atoms with Crippen molar-refractivity contribution in [3.8, 4) is 28.0 Å². The van der Waals surface area contributed by atoms with E-state index in [0.717, 1.165) is 51.7 Å². The second-order valence-corrected chi connectivity index (χ2v) is 7.19. The van der Waals surface area contributed by atoms with E-state index >= 15 is 0 Å². The largest absolute Gasteiger partial charge is 0.493 e. The summed E-state index contributed by atoms with van der Waals surface area (Å²) >= 11 is 0. The van der Waals surface area contributed by atoms with E-state index in [1.54, 1.807) is 0 Å². The minimum atomic E-state index is 0.197. The van der Waals surface area contributed by atoms with Crippen LogP contribution < -0.4 is 4.74 Å². The summed E-state index contributed by atoms with van der Waals surface area (Å²) in [5.41, 5.74) is 6.62. The Morgan fingerprint density at radius 2 is 1.69 bits per heavy atom. The average Bonchev–Trinajstić information content (AvgIpc) is 2.77. The van der Waals surface area contributed by atoms with Gasteiger partial charge in [-0.05, 0) is 54.2 Å². The minimum absolute atomic E-state index is 0.197. The SMILES string of the molecule is Cc1cccc(-c2ccnc3cc(-c4ccccc4)ccc23)c1OCCCCO. The van der Waals surface area contributed by atoms with E-state index in [-0.39, 0.29) is 6.61 Å². The number of aliphatic hydroxyl groups is 1. The lowest BCUT2D eigenvalue weighted by molar-refractivity contribution is 0.253. The summed E-state index contributed by atoms with van der Waals surface area (Å²) in [7, 11) is 0. The second kappa shape index (κ2) is 8.89. The molecule has 0 spiro atoms. The number of ether oxygens (including phenoxy) is 1. The van der Waals surface area contributed by atoms with Crippen LogP contribution in [0.3, 0.4) is 0 Å². The van der Waals surface area contributed by atoms with E-state index in [2.05, 4.69) is 78.6 Å². The molecule has 0 aliphatic heterocycles. The number of fused-ring (bicyclic) bond motifs is 1. The van der Waals surface area contributed by atoms with Crippen LogP contribution in [0.4, 0.5) is 0 Å². The van der Waals surface area contributed by atoms with Gasteiger partial charge in [-0.1, -0.05) is 60.7 Å². The zero-order valence-electron chi connectivity index (χ0n) is 16.6. The van der Waals surface area contributed by atoms with Crippen LogP contribution in [0.15, 0.2) is 79.0 Å². The van der Waals surface area contributed by atoms with Crippen molar-refractivity contribution in [3.05, 3.63) is 84.6 Å². The van der Waals surface area contributed by atoms with E-state index in [9.17, 15) is 0 Å². The van der Waals surface area contributed by atoms with Gasteiger partial charge in [-0.15, -0.1) is 0 Å². The Morgan fingerprint density at radius 1 is 0.828 bits per heavy atom. The number of aliphatic hydroxyl groups excluding tert-OH is 1. The highest BCUT2D eigenvalue weighted by Gasteiger charge is 2.13. The number of benzene rings is 3. The number of hydrogen-bond acceptors (Lipinski definition) is 3. The number of aryl methyl sites for hydroxylation is 1. The summed E-state index contributed by atoms with van der Waals surface area (Å²) in [6.45, 7) is 2.87. The molecule has 0 atom stereocenters. The highest BCUT2D eigenvalue weighted by Crippen LogP contribution is 2.37. The average molecular weight is 383 g/mol. The van der Waals surface area contributed by atoms with Crippen molar-refractivity contribution >= 4 is 10.9 Å². The molecule has 29 heavy (non-hydrogen) atoms. The number of para-hydroxylation sites is 1. The zero-order chi connectivity index (χ0) is 20.1. The first-order valence-electron chi connectivity index (χ1n) is 10.1. The van der Waals surface area contributed by atoms with Crippen molar-refractivity contribution in [1.82, 2.24) is 4.98 Å². The lowest BCUT2D eigenvalue weighted by Crippen LogP contribution is -2.02. The van der Waals surface area contributed by atoms with Crippen molar-refractivity contribution in [3.63, 3.8) is 0 Å². The number of hydrogen-bond donors (Lipinski definition) is 1. The standard InChI is InChI=1S/C26H25NO2/c1-19-8-7-11-24(26(19)29-17-6-5-16-28)22-14-15-27-25-18-21(12-13-23(22)25)20-9-3-2-4-10-20/h2-4,7-15,18,28H,5-6,16-17H2,1H3. The van der Waals surface area contributed by atoms with Crippen LogP contribution in [0.5, 0.6) is 5.75 Å². The van der Waals surface area contributed by atoms with Gasteiger partial charge in [0.15, 0.2) is 0 Å². The maximum atomic E-state index is 9.01. The third kappa shape index (κ3) is 4.15. The van der Waals surface area contributed by atoms with E-state index in [1.165, 1.54) is 5.56 Å². The Balaban J connectivity index is 1.76. The van der Waals surface area contributed by atoms with Gasteiger partial charge in [0.25, 0.3) is 0 Å². The third-order valence-corrected chi connectivity index (χ3v) is 5.15. The summed E-state index contributed by atoms with van der Waals surface area (Å²) < 4.78 is 6.13. The Bertz CT molecular complexity index is 1110. The molecule has 0 bridgehead atoms. The van der Waals surface area contributed by atoms with E-state index in [0.29, 0.717) is 6.61 Å². The Morgan fingerprint density at radius 3 is 2.52 bits per heavy atom. The number of aromatic nitrogens is 1. The van der Waals surface area contributed by atoms with Crippen molar-refractivity contribution < 1.29 is 9.84 Å². The third-order valence-electron chi connectivity index (χ3n) is 5.15. The second-order valence-electron chi connectivity index (χ2n) is 7.19. The van der Waals surface area contributed by atoms with Gasteiger partial charge in [-0.25, -0.2) is 0 Å². The monoisotopic (exact) mass is 383 g/mol. The van der Waals surface area contributed by atoms with Crippen LogP contribution >= 0.6 is 0 Å². The molecule has 1 N–H and O–H groups in total. The van der Waals surface area contributed by atoms with Crippen LogP contribution in [0, 0.1) is 6.92 Å². The molecule has 0 amide bonds. The molecule has 0 aliphatic rings. The van der Waals surface area contributed by atoms with Crippen molar-refractivity contribution in [2.24, 2.45) is 0 Å². The molecule has 0 unspecified atom stereocenters. The van der Waals surface area contributed by atoms with Gasteiger partial charge in [-0.2, -0.15) is 0 Å². The lowest BCUT2D eigenvalue weighted by Gasteiger charge is -2.16. The molecule has 3 heteroatoms.